The van der Waals surface area contributed by atoms with Gasteiger partial charge < -0.3 is 5.32 Å². The zero-order chi connectivity index (χ0) is 13.8. The van der Waals surface area contributed by atoms with Crippen molar-refractivity contribution in [3.63, 3.8) is 0 Å². The van der Waals surface area contributed by atoms with Crippen molar-refractivity contribution in [1.82, 2.24) is 5.32 Å². The first-order chi connectivity index (χ1) is 9.08. The molecule has 2 unspecified atom stereocenters. The van der Waals surface area contributed by atoms with Gasteiger partial charge in [0.25, 0.3) is 5.91 Å². The molecule has 104 valence electrons. The molecule has 1 N–H and O–H groups in total. The molecule has 1 amide bonds. The molecule has 0 radical (unpaired) electrons. The molecule has 0 heterocycles. The van der Waals surface area contributed by atoms with Gasteiger partial charge in [0.1, 0.15) is 0 Å². The third-order valence-electron chi connectivity index (χ3n) is 4.08. The van der Waals surface area contributed by atoms with E-state index in [1.165, 1.54) is 19.3 Å². The van der Waals surface area contributed by atoms with Crippen molar-refractivity contribution in [2.24, 2.45) is 11.8 Å². The predicted molar refractivity (Wildman–Crippen MR) is 82.2 cm³/mol. The fourth-order valence-corrected chi connectivity index (χ4v) is 3.42. The van der Waals surface area contributed by atoms with Crippen molar-refractivity contribution >= 4 is 21.8 Å². The number of amides is 1. The van der Waals surface area contributed by atoms with Crippen LogP contribution < -0.4 is 5.32 Å². The van der Waals surface area contributed by atoms with E-state index in [1.54, 1.807) is 0 Å². The van der Waals surface area contributed by atoms with Gasteiger partial charge in [-0.1, -0.05) is 48.7 Å². The maximum Gasteiger partial charge on any atom is 0.251 e. The molecule has 0 bridgehead atoms. The third kappa shape index (κ3) is 3.82. The Kier molecular flexibility index (Phi) is 5.03. The maximum absolute atomic E-state index is 12.3. The average molecular weight is 324 g/mol. The number of carbonyl (C=O) groups excluding carboxylic acids is 1. The minimum atomic E-state index is 0.0545. The quantitative estimate of drug-likeness (QED) is 0.877. The predicted octanol–water partition coefficient (Wildman–Crippen LogP) is 4.39. The number of rotatable bonds is 3. The molecule has 1 saturated carbocycles. The molecule has 2 nitrogen and oxygen atoms in total. The number of halogens is 1. The van der Waals surface area contributed by atoms with Crippen molar-refractivity contribution in [3.8, 4) is 0 Å². The summed E-state index contributed by atoms with van der Waals surface area (Å²) in [6.07, 6.45) is 4.88. The second-order valence-electron chi connectivity index (χ2n) is 5.78. The van der Waals surface area contributed by atoms with Crippen LogP contribution >= 0.6 is 15.9 Å². The summed E-state index contributed by atoms with van der Waals surface area (Å²) in [7, 11) is 0. The Labute approximate surface area is 124 Å². The maximum atomic E-state index is 12.3. The van der Waals surface area contributed by atoms with Crippen molar-refractivity contribution in [1.29, 1.82) is 0 Å². The number of hydrogen-bond acceptors (Lipinski definition) is 1. The largest absolute Gasteiger partial charge is 0.349 e. The Morgan fingerprint density at radius 1 is 1.32 bits per heavy atom. The van der Waals surface area contributed by atoms with Gasteiger partial charge in [-0.05, 0) is 42.9 Å². The summed E-state index contributed by atoms with van der Waals surface area (Å²) in [5.41, 5.74) is 0.738. The summed E-state index contributed by atoms with van der Waals surface area (Å²) in [6.45, 7) is 4.52. The minimum absolute atomic E-state index is 0.0545. The van der Waals surface area contributed by atoms with Crippen LogP contribution in [0.5, 0.6) is 0 Å². The molecular weight excluding hydrogens is 302 g/mol. The van der Waals surface area contributed by atoms with Gasteiger partial charge in [-0.3, -0.25) is 4.79 Å². The summed E-state index contributed by atoms with van der Waals surface area (Å²) >= 11 is 3.41. The molecule has 3 heteroatoms. The van der Waals surface area contributed by atoms with E-state index >= 15 is 0 Å². The van der Waals surface area contributed by atoms with Gasteiger partial charge >= 0.3 is 0 Å². The summed E-state index contributed by atoms with van der Waals surface area (Å²) in [5, 5.41) is 3.23. The van der Waals surface area contributed by atoms with E-state index in [0.29, 0.717) is 17.9 Å². The van der Waals surface area contributed by atoms with E-state index in [2.05, 4.69) is 35.1 Å². The summed E-state index contributed by atoms with van der Waals surface area (Å²) in [5.74, 6) is 1.30. The van der Waals surface area contributed by atoms with E-state index in [0.717, 1.165) is 16.5 Å². The van der Waals surface area contributed by atoms with Crippen LogP contribution in [0.3, 0.4) is 0 Å². The van der Waals surface area contributed by atoms with E-state index in [4.69, 9.17) is 0 Å². The number of hydrogen-bond donors (Lipinski definition) is 1. The lowest BCUT2D eigenvalue weighted by Gasteiger charge is -2.34. The van der Waals surface area contributed by atoms with Crippen LogP contribution in [0.4, 0.5) is 0 Å². The Morgan fingerprint density at radius 3 is 2.74 bits per heavy atom. The number of benzene rings is 1. The van der Waals surface area contributed by atoms with Gasteiger partial charge in [0.2, 0.25) is 0 Å². The van der Waals surface area contributed by atoms with Crippen molar-refractivity contribution < 1.29 is 4.79 Å². The second kappa shape index (κ2) is 6.56. The molecule has 1 fully saturated rings. The highest BCUT2D eigenvalue weighted by Crippen LogP contribution is 2.30. The highest BCUT2D eigenvalue weighted by Gasteiger charge is 2.28. The minimum Gasteiger partial charge on any atom is -0.349 e. The lowest BCUT2D eigenvalue weighted by Crippen LogP contribution is -2.43. The van der Waals surface area contributed by atoms with Crippen LogP contribution in [0.15, 0.2) is 28.7 Å². The zero-order valence-corrected chi connectivity index (χ0v) is 13.2. The topological polar surface area (TPSA) is 29.1 Å². The van der Waals surface area contributed by atoms with E-state index in [1.807, 2.05) is 24.3 Å². The van der Waals surface area contributed by atoms with Crippen molar-refractivity contribution in [2.45, 2.75) is 45.6 Å². The molecule has 19 heavy (non-hydrogen) atoms. The van der Waals surface area contributed by atoms with Crippen LogP contribution in [0.1, 0.15) is 49.9 Å². The fourth-order valence-electron chi connectivity index (χ4n) is 3.02. The van der Waals surface area contributed by atoms with Crippen LogP contribution in [0, 0.1) is 11.8 Å². The summed E-state index contributed by atoms with van der Waals surface area (Å²) in [6, 6.07) is 7.92. The molecule has 1 aliphatic rings. The number of carbonyl (C=O) groups is 1. The molecule has 1 aliphatic carbocycles. The Balaban J connectivity index is 2.04. The molecule has 0 saturated heterocycles. The summed E-state index contributed by atoms with van der Waals surface area (Å²) < 4.78 is 0.948. The van der Waals surface area contributed by atoms with Gasteiger partial charge in [-0.25, -0.2) is 0 Å². The molecule has 2 rings (SSSR count). The Bertz CT molecular complexity index is 444. The smallest absolute Gasteiger partial charge is 0.251 e. The third-order valence-corrected chi connectivity index (χ3v) is 4.57. The lowest BCUT2D eigenvalue weighted by atomic mass is 9.78. The van der Waals surface area contributed by atoms with Crippen molar-refractivity contribution in [3.05, 3.63) is 34.3 Å². The second-order valence-corrected chi connectivity index (χ2v) is 6.70. The fraction of sp³-hybridized carbons (Fsp3) is 0.562. The molecule has 0 aliphatic heterocycles. The van der Waals surface area contributed by atoms with E-state index in [9.17, 15) is 4.79 Å². The van der Waals surface area contributed by atoms with Crippen LogP contribution in [0.25, 0.3) is 0 Å². The zero-order valence-electron chi connectivity index (χ0n) is 11.7. The Hall–Kier alpha value is -0.830. The molecule has 1 aromatic carbocycles. The first-order valence-corrected chi connectivity index (χ1v) is 7.93. The first kappa shape index (κ1) is 14.6. The monoisotopic (exact) mass is 323 g/mol. The van der Waals surface area contributed by atoms with E-state index in [-0.39, 0.29) is 5.91 Å². The summed E-state index contributed by atoms with van der Waals surface area (Å²) in [4.78, 5) is 12.3. The van der Waals surface area contributed by atoms with Crippen LogP contribution in [0.2, 0.25) is 0 Å². The van der Waals surface area contributed by atoms with Gasteiger partial charge in [-0.2, -0.15) is 0 Å². The molecule has 0 aromatic heterocycles. The average Bonchev–Trinajstić information content (AvgIpc) is 2.39. The lowest BCUT2D eigenvalue weighted by molar-refractivity contribution is 0.0889. The molecule has 1 aromatic rings. The first-order valence-electron chi connectivity index (χ1n) is 7.14. The molecular formula is C16H22BrNO. The van der Waals surface area contributed by atoms with E-state index < -0.39 is 0 Å². The highest BCUT2D eigenvalue weighted by molar-refractivity contribution is 9.10. The molecule has 2 atom stereocenters. The van der Waals surface area contributed by atoms with Gasteiger partial charge in [0, 0.05) is 16.1 Å². The SMILES string of the molecule is CC(C)C1CCCCC1NC(=O)c1cccc(Br)c1. The normalized spacial score (nSPS) is 23.4. The Morgan fingerprint density at radius 2 is 2.05 bits per heavy atom. The standard InChI is InChI=1S/C16H22BrNO/c1-11(2)14-8-3-4-9-15(14)18-16(19)12-6-5-7-13(17)10-12/h5-7,10-11,14-15H,3-4,8-9H2,1-2H3,(H,18,19). The van der Waals surface area contributed by atoms with Crippen LogP contribution in [-0.2, 0) is 0 Å². The van der Waals surface area contributed by atoms with Crippen LogP contribution in [-0.4, -0.2) is 11.9 Å². The number of nitrogens with one attached hydrogen (secondary N) is 1. The highest BCUT2D eigenvalue weighted by atomic mass is 79.9. The van der Waals surface area contributed by atoms with Gasteiger partial charge in [-0.15, -0.1) is 0 Å². The van der Waals surface area contributed by atoms with Crippen molar-refractivity contribution in [2.75, 3.05) is 0 Å². The molecule has 0 spiro atoms. The van der Waals surface area contributed by atoms with Gasteiger partial charge in [0.05, 0.1) is 0 Å². The van der Waals surface area contributed by atoms with Gasteiger partial charge in [0.15, 0.2) is 0 Å².